The van der Waals surface area contributed by atoms with Crippen molar-refractivity contribution < 1.29 is 14.8 Å². The second-order valence-corrected chi connectivity index (χ2v) is 5.54. The number of carbonyl (C=O) groups excluding carboxylic acids is 1. The second kappa shape index (κ2) is 5.20. The van der Waals surface area contributed by atoms with E-state index in [-0.39, 0.29) is 17.0 Å². The number of carbonyl (C=O) groups is 1. The lowest BCUT2D eigenvalue weighted by Gasteiger charge is -2.38. The molecule has 1 fully saturated rings. The molecule has 20 heavy (non-hydrogen) atoms. The molecule has 0 saturated carbocycles. The summed E-state index contributed by atoms with van der Waals surface area (Å²) in [7, 11) is 0. The first-order chi connectivity index (χ1) is 9.30. The number of Topliss-reactive ketones (excluding diaryl/α,β-unsaturated/α-hetero) is 1. The molecule has 0 radical (unpaired) electrons. The van der Waals surface area contributed by atoms with Gasteiger partial charge in [-0.1, -0.05) is 0 Å². The average Bonchev–Trinajstić information content (AvgIpc) is 2.36. The van der Waals surface area contributed by atoms with Crippen LogP contribution in [0.15, 0.2) is 18.2 Å². The Labute approximate surface area is 117 Å². The highest BCUT2D eigenvalue weighted by Gasteiger charge is 2.29. The highest BCUT2D eigenvalue weighted by Crippen LogP contribution is 2.30. The molecule has 2 rings (SSSR count). The van der Waals surface area contributed by atoms with Gasteiger partial charge in [0.2, 0.25) is 0 Å². The van der Waals surface area contributed by atoms with E-state index in [1.807, 2.05) is 4.90 Å². The van der Waals surface area contributed by atoms with E-state index >= 15 is 0 Å². The van der Waals surface area contributed by atoms with Crippen molar-refractivity contribution in [3.8, 4) is 0 Å². The summed E-state index contributed by atoms with van der Waals surface area (Å²) in [6, 6.07) is 4.60. The van der Waals surface area contributed by atoms with Crippen LogP contribution in [0.25, 0.3) is 0 Å². The maximum absolute atomic E-state index is 11.4. The van der Waals surface area contributed by atoms with Crippen molar-refractivity contribution in [2.45, 2.75) is 32.3 Å². The zero-order valence-electron chi connectivity index (χ0n) is 11.6. The van der Waals surface area contributed by atoms with E-state index in [0.29, 0.717) is 12.2 Å². The number of aliphatic hydroxyl groups is 1. The lowest BCUT2D eigenvalue weighted by molar-refractivity contribution is -0.385. The van der Waals surface area contributed by atoms with Crippen molar-refractivity contribution in [2.75, 3.05) is 18.0 Å². The normalized spacial score (nSPS) is 22.6. The van der Waals surface area contributed by atoms with Gasteiger partial charge < -0.3 is 10.0 Å². The quantitative estimate of drug-likeness (QED) is 0.520. The Kier molecular flexibility index (Phi) is 3.76. The third-order valence-corrected chi connectivity index (χ3v) is 3.60. The second-order valence-electron chi connectivity index (χ2n) is 5.54. The SMILES string of the molecule is CC(=O)c1ccc(N2CCCC(C)(O)C2)cc1[N+](=O)[O-]. The summed E-state index contributed by atoms with van der Waals surface area (Å²) in [4.78, 5) is 23.9. The number of hydrogen-bond acceptors (Lipinski definition) is 5. The van der Waals surface area contributed by atoms with E-state index in [2.05, 4.69) is 0 Å². The first-order valence-electron chi connectivity index (χ1n) is 6.57. The summed E-state index contributed by atoms with van der Waals surface area (Å²) >= 11 is 0. The molecule has 1 aliphatic rings. The number of nitrogens with zero attached hydrogens (tertiary/aromatic N) is 2. The zero-order chi connectivity index (χ0) is 14.9. The third kappa shape index (κ3) is 2.96. The molecule has 1 saturated heterocycles. The predicted octanol–water partition coefficient (Wildman–Crippen LogP) is 2.15. The Morgan fingerprint density at radius 1 is 1.50 bits per heavy atom. The fourth-order valence-electron chi connectivity index (χ4n) is 2.61. The zero-order valence-corrected chi connectivity index (χ0v) is 11.6. The lowest BCUT2D eigenvalue weighted by atomic mass is 9.94. The van der Waals surface area contributed by atoms with Crippen LogP contribution in [0.4, 0.5) is 11.4 Å². The van der Waals surface area contributed by atoms with Gasteiger partial charge in [-0.05, 0) is 38.8 Å². The summed E-state index contributed by atoms with van der Waals surface area (Å²) in [5.41, 5.74) is -0.184. The van der Waals surface area contributed by atoms with Crippen LogP contribution >= 0.6 is 0 Å². The number of rotatable bonds is 3. The molecular formula is C14H18N2O4. The number of ketones is 1. The number of hydrogen-bond donors (Lipinski definition) is 1. The molecule has 1 N–H and O–H groups in total. The van der Waals surface area contributed by atoms with Crippen LogP contribution < -0.4 is 4.90 Å². The van der Waals surface area contributed by atoms with E-state index in [0.717, 1.165) is 19.4 Å². The maximum Gasteiger partial charge on any atom is 0.282 e. The molecule has 0 aromatic heterocycles. The maximum atomic E-state index is 11.4. The molecule has 1 aromatic carbocycles. The van der Waals surface area contributed by atoms with Gasteiger partial charge in [-0.3, -0.25) is 14.9 Å². The predicted molar refractivity (Wildman–Crippen MR) is 75.2 cm³/mol. The summed E-state index contributed by atoms with van der Waals surface area (Å²) < 4.78 is 0. The Morgan fingerprint density at radius 3 is 2.75 bits per heavy atom. The number of β-amino-alcohol motifs (C(OH)–C–C–N with tert-alkyl or cyclic N) is 1. The fraction of sp³-hybridized carbons (Fsp3) is 0.500. The molecule has 1 aliphatic heterocycles. The van der Waals surface area contributed by atoms with Gasteiger partial charge in [0.15, 0.2) is 5.78 Å². The summed E-state index contributed by atoms with van der Waals surface area (Å²) in [5.74, 6) is -0.325. The summed E-state index contributed by atoms with van der Waals surface area (Å²) in [6.07, 6.45) is 1.55. The fourth-order valence-corrected chi connectivity index (χ4v) is 2.61. The molecular weight excluding hydrogens is 260 g/mol. The van der Waals surface area contributed by atoms with E-state index in [1.54, 1.807) is 13.0 Å². The molecule has 1 heterocycles. The smallest absolute Gasteiger partial charge is 0.282 e. The van der Waals surface area contributed by atoms with E-state index < -0.39 is 10.5 Å². The van der Waals surface area contributed by atoms with Crippen LogP contribution in [0.1, 0.15) is 37.0 Å². The van der Waals surface area contributed by atoms with Crippen molar-refractivity contribution in [1.29, 1.82) is 0 Å². The van der Waals surface area contributed by atoms with Gasteiger partial charge in [-0.15, -0.1) is 0 Å². The molecule has 108 valence electrons. The number of piperidine rings is 1. The first kappa shape index (κ1) is 14.5. The Morgan fingerprint density at radius 2 is 2.20 bits per heavy atom. The first-order valence-corrected chi connectivity index (χ1v) is 6.57. The average molecular weight is 278 g/mol. The molecule has 0 bridgehead atoms. The number of nitro benzene ring substituents is 1. The minimum Gasteiger partial charge on any atom is -0.388 e. The number of benzene rings is 1. The van der Waals surface area contributed by atoms with Gasteiger partial charge in [0.25, 0.3) is 5.69 Å². The minimum atomic E-state index is -0.785. The monoisotopic (exact) mass is 278 g/mol. The highest BCUT2D eigenvalue weighted by atomic mass is 16.6. The minimum absolute atomic E-state index is 0.113. The van der Waals surface area contributed by atoms with E-state index in [9.17, 15) is 20.0 Å². The van der Waals surface area contributed by atoms with Crippen LogP contribution in [0.2, 0.25) is 0 Å². The standard InChI is InChI=1S/C14H18N2O4/c1-10(17)12-5-4-11(8-13(12)16(19)20)15-7-3-6-14(2,18)9-15/h4-5,8,18H,3,6-7,9H2,1-2H3. The highest BCUT2D eigenvalue weighted by molar-refractivity contribution is 5.98. The number of nitro groups is 1. The molecule has 0 amide bonds. The van der Waals surface area contributed by atoms with Gasteiger partial charge >= 0.3 is 0 Å². The van der Waals surface area contributed by atoms with Crippen molar-refractivity contribution in [1.82, 2.24) is 0 Å². The molecule has 1 unspecified atom stereocenters. The van der Waals surface area contributed by atoms with Gasteiger partial charge in [0, 0.05) is 24.8 Å². The summed E-state index contributed by atoms with van der Waals surface area (Å²) in [5, 5.41) is 21.2. The van der Waals surface area contributed by atoms with Crippen molar-refractivity contribution >= 4 is 17.2 Å². The van der Waals surface area contributed by atoms with Gasteiger partial charge in [0.1, 0.15) is 0 Å². The van der Waals surface area contributed by atoms with Crippen molar-refractivity contribution in [3.05, 3.63) is 33.9 Å². The Bertz CT molecular complexity index is 554. The molecule has 1 atom stereocenters. The Balaban J connectivity index is 2.36. The lowest BCUT2D eigenvalue weighted by Crippen LogP contribution is -2.46. The molecule has 1 aromatic rings. The summed E-state index contributed by atoms with van der Waals surface area (Å²) in [6.45, 7) is 4.25. The van der Waals surface area contributed by atoms with Crippen LogP contribution in [0.3, 0.4) is 0 Å². The van der Waals surface area contributed by atoms with Crippen molar-refractivity contribution in [2.24, 2.45) is 0 Å². The molecule has 6 nitrogen and oxygen atoms in total. The van der Waals surface area contributed by atoms with Crippen LogP contribution in [0, 0.1) is 10.1 Å². The van der Waals surface area contributed by atoms with E-state index in [1.165, 1.54) is 19.1 Å². The molecule has 0 aliphatic carbocycles. The third-order valence-electron chi connectivity index (χ3n) is 3.60. The number of anilines is 1. The van der Waals surface area contributed by atoms with Gasteiger partial charge in [-0.2, -0.15) is 0 Å². The van der Waals surface area contributed by atoms with Gasteiger partial charge in [-0.25, -0.2) is 0 Å². The van der Waals surface area contributed by atoms with Crippen molar-refractivity contribution in [3.63, 3.8) is 0 Å². The molecule has 6 heteroatoms. The van der Waals surface area contributed by atoms with Gasteiger partial charge in [0.05, 0.1) is 16.1 Å². The van der Waals surface area contributed by atoms with Crippen LogP contribution in [-0.2, 0) is 0 Å². The van der Waals surface area contributed by atoms with Crippen LogP contribution in [-0.4, -0.2) is 34.5 Å². The Hall–Kier alpha value is -1.95. The molecule has 0 spiro atoms. The van der Waals surface area contributed by atoms with E-state index in [4.69, 9.17) is 0 Å². The largest absolute Gasteiger partial charge is 0.388 e. The topological polar surface area (TPSA) is 83.7 Å². The van der Waals surface area contributed by atoms with Crippen LogP contribution in [0.5, 0.6) is 0 Å².